The van der Waals surface area contributed by atoms with Crippen molar-refractivity contribution >= 4 is 29.2 Å². The molecule has 0 aliphatic rings. The van der Waals surface area contributed by atoms with E-state index in [4.69, 9.17) is 13.9 Å². The van der Waals surface area contributed by atoms with Crippen LogP contribution in [0.5, 0.6) is 11.5 Å². The van der Waals surface area contributed by atoms with Crippen LogP contribution in [0, 0.1) is 0 Å². The molecule has 0 saturated heterocycles. The van der Waals surface area contributed by atoms with Gasteiger partial charge >= 0.3 is 0 Å². The van der Waals surface area contributed by atoms with Crippen molar-refractivity contribution in [2.24, 2.45) is 0 Å². The fourth-order valence-corrected chi connectivity index (χ4v) is 3.84. The number of rotatable bonds is 10. The molecule has 0 spiro atoms. The fourth-order valence-electron chi connectivity index (χ4n) is 3.84. The van der Waals surface area contributed by atoms with Crippen LogP contribution < -0.4 is 20.1 Å². The average Bonchev–Trinajstić information content (AvgIpc) is 3.45. The number of carbonyl (C=O) groups excluding carboxylic acids is 2. The van der Waals surface area contributed by atoms with E-state index in [1.165, 1.54) is 0 Å². The first-order valence-electron chi connectivity index (χ1n) is 11.8. The third-order valence-corrected chi connectivity index (χ3v) is 5.73. The van der Waals surface area contributed by atoms with Gasteiger partial charge in [-0.3, -0.25) is 9.59 Å². The number of para-hydroxylation sites is 1. The summed E-state index contributed by atoms with van der Waals surface area (Å²) in [5, 5.41) is 5.83. The lowest BCUT2D eigenvalue weighted by Crippen LogP contribution is -2.27. The zero-order valence-electron chi connectivity index (χ0n) is 20.7. The van der Waals surface area contributed by atoms with Gasteiger partial charge in [0.2, 0.25) is 0 Å². The van der Waals surface area contributed by atoms with E-state index in [0.717, 1.165) is 11.1 Å². The molecular formula is C30H28N2O5. The van der Waals surface area contributed by atoms with Gasteiger partial charge in [0, 0.05) is 6.54 Å². The molecule has 7 nitrogen and oxygen atoms in total. The molecule has 0 bridgehead atoms. The number of ether oxygens (including phenoxy) is 2. The predicted molar refractivity (Wildman–Crippen MR) is 144 cm³/mol. The molecular weight excluding hydrogens is 468 g/mol. The van der Waals surface area contributed by atoms with Gasteiger partial charge in [-0.25, -0.2) is 0 Å². The van der Waals surface area contributed by atoms with E-state index < -0.39 is 0 Å². The zero-order chi connectivity index (χ0) is 26.0. The average molecular weight is 497 g/mol. The topological polar surface area (TPSA) is 89.8 Å². The smallest absolute Gasteiger partial charge is 0.256 e. The molecule has 2 N–H and O–H groups in total. The van der Waals surface area contributed by atoms with Gasteiger partial charge in [-0.2, -0.15) is 0 Å². The van der Waals surface area contributed by atoms with Crippen LogP contribution in [0.3, 0.4) is 0 Å². The standard InChI is InChI=1S/C30H28N2O5/c1-35-27-15-14-21(19-28(27)36-2)16-17-31-29(33)24-12-6-7-13-26(24)32-30(34)25(20-23-11-8-18-37-23)22-9-4-3-5-10-22/h3-15,18-20H,16-17H2,1-2H3,(H,31,33)(H,32,34)/b25-20+. The summed E-state index contributed by atoms with van der Waals surface area (Å²) in [4.78, 5) is 26.4. The summed E-state index contributed by atoms with van der Waals surface area (Å²) in [5.41, 5.74) is 2.92. The minimum atomic E-state index is -0.354. The predicted octanol–water partition coefficient (Wildman–Crippen LogP) is 5.45. The molecule has 0 unspecified atom stereocenters. The number of furan rings is 1. The van der Waals surface area contributed by atoms with Crippen LogP contribution in [-0.2, 0) is 11.2 Å². The normalized spacial score (nSPS) is 11.0. The second-order valence-corrected chi connectivity index (χ2v) is 8.13. The highest BCUT2D eigenvalue weighted by Crippen LogP contribution is 2.27. The summed E-state index contributed by atoms with van der Waals surface area (Å²) in [5.74, 6) is 1.20. The molecule has 7 heteroatoms. The molecule has 0 atom stereocenters. The summed E-state index contributed by atoms with van der Waals surface area (Å²) in [7, 11) is 3.17. The van der Waals surface area contributed by atoms with Crippen LogP contribution in [0.15, 0.2) is 95.6 Å². The second kappa shape index (κ2) is 12.3. The highest BCUT2D eigenvalue weighted by molar-refractivity contribution is 6.29. The summed E-state index contributed by atoms with van der Waals surface area (Å²) in [6, 6.07) is 25.4. The van der Waals surface area contributed by atoms with Crippen molar-refractivity contribution in [3.8, 4) is 11.5 Å². The minimum Gasteiger partial charge on any atom is -0.493 e. The van der Waals surface area contributed by atoms with E-state index >= 15 is 0 Å². The van der Waals surface area contributed by atoms with E-state index in [-0.39, 0.29) is 11.8 Å². The zero-order valence-corrected chi connectivity index (χ0v) is 20.7. The first-order chi connectivity index (χ1) is 18.1. The van der Waals surface area contributed by atoms with E-state index in [9.17, 15) is 9.59 Å². The summed E-state index contributed by atoms with van der Waals surface area (Å²) < 4.78 is 16.0. The molecule has 1 aromatic heterocycles. The third-order valence-electron chi connectivity index (χ3n) is 5.73. The largest absolute Gasteiger partial charge is 0.493 e. The minimum absolute atomic E-state index is 0.285. The van der Waals surface area contributed by atoms with Crippen molar-refractivity contribution < 1.29 is 23.5 Å². The van der Waals surface area contributed by atoms with Gasteiger partial charge in [0.15, 0.2) is 11.5 Å². The van der Waals surface area contributed by atoms with Crippen molar-refractivity contribution in [3.05, 3.63) is 114 Å². The summed E-state index contributed by atoms with van der Waals surface area (Å²) in [6.45, 7) is 0.407. The second-order valence-electron chi connectivity index (χ2n) is 8.13. The van der Waals surface area contributed by atoms with Gasteiger partial charge in [0.05, 0.1) is 37.3 Å². The molecule has 0 saturated carbocycles. The van der Waals surface area contributed by atoms with Crippen LogP contribution in [-0.4, -0.2) is 32.6 Å². The van der Waals surface area contributed by atoms with Gasteiger partial charge in [-0.1, -0.05) is 48.5 Å². The lowest BCUT2D eigenvalue weighted by Gasteiger charge is -2.14. The van der Waals surface area contributed by atoms with Crippen molar-refractivity contribution in [3.63, 3.8) is 0 Å². The van der Waals surface area contributed by atoms with Crippen LogP contribution in [0.2, 0.25) is 0 Å². The molecule has 2 amide bonds. The Bertz CT molecular complexity index is 1380. The van der Waals surface area contributed by atoms with Crippen molar-refractivity contribution in [2.75, 3.05) is 26.1 Å². The van der Waals surface area contributed by atoms with Gasteiger partial charge in [-0.15, -0.1) is 0 Å². The molecule has 3 aromatic carbocycles. The van der Waals surface area contributed by atoms with Crippen molar-refractivity contribution in [1.82, 2.24) is 5.32 Å². The molecule has 4 rings (SSSR count). The SMILES string of the molecule is COc1ccc(CCNC(=O)c2ccccc2NC(=O)/C(=C/c2ccco2)c2ccccc2)cc1OC. The Morgan fingerprint density at radius 3 is 2.35 bits per heavy atom. The maximum absolute atomic E-state index is 13.4. The Balaban J connectivity index is 1.47. The molecule has 0 aliphatic heterocycles. The summed E-state index contributed by atoms with van der Waals surface area (Å²) >= 11 is 0. The number of anilines is 1. The monoisotopic (exact) mass is 496 g/mol. The highest BCUT2D eigenvalue weighted by atomic mass is 16.5. The van der Waals surface area contributed by atoms with E-state index in [1.54, 1.807) is 63.0 Å². The Morgan fingerprint density at radius 2 is 1.62 bits per heavy atom. The van der Waals surface area contributed by atoms with Gasteiger partial charge in [0.25, 0.3) is 11.8 Å². The van der Waals surface area contributed by atoms with Crippen LogP contribution in [0.1, 0.15) is 27.2 Å². The highest BCUT2D eigenvalue weighted by Gasteiger charge is 2.17. The lowest BCUT2D eigenvalue weighted by molar-refractivity contribution is -0.111. The first-order valence-corrected chi connectivity index (χ1v) is 11.8. The Hall–Kier alpha value is -4.78. The number of methoxy groups -OCH3 is 2. The van der Waals surface area contributed by atoms with Crippen LogP contribution in [0.25, 0.3) is 11.6 Å². The van der Waals surface area contributed by atoms with Gasteiger partial charge in [-0.05, 0) is 60.0 Å². The molecule has 0 radical (unpaired) electrons. The molecule has 0 fully saturated rings. The Labute approximate surface area is 215 Å². The quantitative estimate of drug-likeness (QED) is 0.285. The van der Waals surface area contributed by atoms with Gasteiger partial charge in [0.1, 0.15) is 5.76 Å². The lowest BCUT2D eigenvalue weighted by atomic mass is 10.0. The Kier molecular flexibility index (Phi) is 8.39. The van der Waals surface area contributed by atoms with Crippen LogP contribution >= 0.6 is 0 Å². The summed E-state index contributed by atoms with van der Waals surface area (Å²) in [6.07, 6.45) is 3.83. The maximum atomic E-state index is 13.4. The molecule has 37 heavy (non-hydrogen) atoms. The molecule has 4 aromatic rings. The van der Waals surface area contributed by atoms with E-state index in [1.807, 2.05) is 48.5 Å². The molecule has 1 heterocycles. The Morgan fingerprint density at radius 1 is 0.865 bits per heavy atom. The van der Waals surface area contributed by atoms with Gasteiger partial charge < -0.3 is 24.5 Å². The number of hydrogen-bond donors (Lipinski definition) is 2. The number of nitrogens with one attached hydrogen (secondary N) is 2. The first kappa shape index (κ1) is 25.3. The molecule has 0 aliphatic carbocycles. The fraction of sp³-hybridized carbons (Fsp3) is 0.133. The van der Waals surface area contributed by atoms with E-state index in [2.05, 4.69) is 10.6 Å². The number of amides is 2. The van der Waals surface area contributed by atoms with Crippen molar-refractivity contribution in [2.45, 2.75) is 6.42 Å². The number of benzene rings is 3. The number of hydrogen-bond acceptors (Lipinski definition) is 5. The van der Waals surface area contributed by atoms with Crippen LogP contribution in [0.4, 0.5) is 5.69 Å². The third kappa shape index (κ3) is 6.46. The maximum Gasteiger partial charge on any atom is 0.256 e. The van der Waals surface area contributed by atoms with E-state index in [0.29, 0.717) is 47.0 Å². The van der Waals surface area contributed by atoms with Crippen molar-refractivity contribution in [1.29, 1.82) is 0 Å². The number of carbonyl (C=O) groups is 2. The molecule has 188 valence electrons.